The standard InChI is InChI=1S/C15H21N3O/c1-11(5-3-7-16)18-14-10-13(19-2)9-12-6-4-8-17-15(12)14/h4,6,8-11,18H,3,5,7,16H2,1-2H3/i9+1,10+1,12+1,13+1,14+1,15+1. The molecule has 0 fully saturated rings. The van der Waals surface area contributed by atoms with Crippen LogP contribution in [0.25, 0.3) is 10.9 Å². The molecule has 1 unspecified atom stereocenters. The first-order valence-corrected chi connectivity index (χ1v) is 6.64. The summed E-state index contributed by atoms with van der Waals surface area (Å²) in [5.74, 6) is 0.842. The normalized spacial score (nSPS) is 12.4. The molecular formula is C15H21N3O. The van der Waals surface area contributed by atoms with Crippen molar-refractivity contribution in [1.29, 1.82) is 0 Å². The fourth-order valence-corrected chi connectivity index (χ4v) is 2.15. The molecule has 0 spiro atoms. The number of ether oxygens (including phenoxy) is 1. The predicted octanol–water partition coefficient (Wildman–Crippen LogP) is 2.78. The number of methoxy groups -OCH3 is 1. The van der Waals surface area contributed by atoms with E-state index >= 15 is 0 Å². The van der Waals surface area contributed by atoms with E-state index in [1.807, 2.05) is 30.5 Å². The zero-order valence-electron chi connectivity index (χ0n) is 11.5. The molecule has 0 aliphatic carbocycles. The molecule has 1 heterocycles. The van der Waals surface area contributed by atoms with Gasteiger partial charge in [-0.3, -0.25) is 4.98 Å². The van der Waals surface area contributed by atoms with Crippen LogP contribution in [0, 0.1) is 0 Å². The quantitative estimate of drug-likeness (QED) is 0.843. The highest BCUT2D eigenvalue weighted by Crippen LogP contribution is 2.28. The van der Waals surface area contributed by atoms with E-state index in [2.05, 4.69) is 17.2 Å². The number of rotatable bonds is 6. The number of hydrogen-bond donors (Lipinski definition) is 2. The lowest BCUT2D eigenvalue weighted by Crippen LogP contribution is -2.17. The summed E-state index contributed by atoms with van der Waals surface area (Å²) in [5.41, 5.74) is 7.53. The van der Waals surface area contributed by atoms with Gasteiger partial charge in [-0.1, -0.05) is 6.07 Å². The first kappa shape index (κ1) is 13.6. The van der Waals surface area contributed by atoms with Crippen LogP contribution < -0.4 is 15.8 Å². The van der Waals surface area contributed by atoms with Crippen LogP contribution in [0.15, 0.2) is 30.5 Å². The minimum absolute atomic E-state index is 0.362. The molecule has 4 nitrogen and oxygen atoms in total. The average molecular weight is 265 g/mol. The molecule has 0 bridgehead atoms. The number of fused-ring (bicyclic) bond motifs is 1. The lowest BCUT2D eigenvalue weighted by Gasteiger charge is -2.17. The Labute approximate surface area is 114 Å². The Balaban J connectivity index is 2.29. The van der Waals surface area contributed by atoms with Crippen LogP contribution in [0.4, 0.5) is 5.69 Å². The highest BCUT2D eigenvalue weighted by atomic mass is 16.5. The third kappa shape index (κ3) is 3.35. The smallest absolute Gasteiger partial charge is 0.121 e. The Bertz CT molecular complexity index is 542. The van der Waals surface area contributed by atoms with Gasteiger partial charge in [0.25, 0.3) is 0 Å². The van der Waals surface area contributed by atoms with Crippen molar-refractivity contribution in [2.75, 3.05) is 19.0 Å². The van der Waals surface area contributed by atoms with E-state index in [1.165, 1.54) is 0 Å². The molecule has 0 saturated carbocycles. The lowest BCUT2D eigenvalue weighted by atomic mass is 10.2. The molecule has 102 valence electrons. The van der Waals surface area contributed by atoms with Crippen LogP contribution in [0.2, 0.25) is 0 Å². The number of hydrogen-bond acceptors (Lipinski definition) is 4. The summed E-state index contributed by atoms with van der Waals surface area (Å²) >= 11 is 0. The van der Waals surface area contributed by atoms with Gasteiger partial charge < -0.3 is 15.8 Å². The van der Waals surface area contributed by atoms with Gasteiger partial charge in [-0.05, 0) is 38.4 Å². The molecule has 1 aromatic carbocycles. The first-order chi connectivity index (χ1) is 9.24. The van der Waals surface area contributed by atoms with E-state index < -0.39 is 0 Å². The summed E-state index contributed by atoms with van der Waals surface area (Å²) in [4.78, 5) is 4.45. The van der Waals surface area contributed by atoms with Crippen LogP contribution in [0.3, 0.4) is 0 Å². The second-order valence-electron chi connectivity index (χ2n) is 4.73. The second kappa shape index (κ2) is 6.38. The SMILES string of the molecule is CO[13c]1[13cH][13c](NC(C)CCCN)[13c]2nccc[13c]2[13cH]1. The van der Waals surface area contributed by atoms with Gasteiger partial charge in [0.2, 0.25) is 0 Å². The summed E-state index contributed by atoms with van der Waals surface area (Å²) in [6.07, 6.45) is 3.87. The predicted molar refractivity (Wildman–Crippen MR) is 79.7 cm³/mol. The van der Waals surface area contributed by atoms with Crippen LogP contribution in [-0.2, 0) is 0 Å². The summed E-state index contributed by atoms with van der Waals surface area (Å²) in [5, 5.41) is 4.58. The largest absolute Gasteiger partial charge is 0.497 e. The first-order valence-electron chi connectivity index (χ1n) is 6.64. The molecule has 0 amide bonds. The Kier molecular flexibility index (Phi) is 4.58. The number of pyridine rings is 1. The molecule has 0 saturated heterocycles. The van der Waals surface area contributed by atoms with Gasteiger partial charge >= 0.3 is 0 Å². The fraction of sp³-hybridized carbons (Fsp3) is 0.400. The molecule has 1 aromatic heterocycles. The minimum Gasteiger partial charge on any atom is -0.497 e. The van der Waals surface area contributed by atoms with Crippen molar-refractivity contribution in [1.82, 2.24) is 4.98 Å². The van der Waals surface area contributed by atoms with Crippen molar-refractivity contribution in [3.05, 3.63) is 30.5 Å². The summed E-state index contributed by atoms with van der Waals surface area (Å²) in [6.45, 7) is 2.88. The molecule has 19 heavy (non-hydrogen) atoms. The third-order valence-corrected chi connectivity index (χ3v) is 3.16. The summed E-state index contributed by atoms with van der Waals surface area (Å²) in [7, 11) is 1.68. The average Bonchev–Trinajstić information content (AvgIpc) is 2.44. The van der Waals surface area contributed by atoms with Crippen molar-refractivity contribution in [3.8, 4) is 5.75 Å². The Morgan fingerprint density at radius 1 is 1.42 bits per heavy atom. The number of nitrogens with zero attached hydrogens (tertiary/aromatic N) is 1. The van der Waals surface area contributed by atoms with Crippen molar-refractivity contribution < 1.29 is 4.74 Å². The fourth-order valence-electron chi connectivity index (χ4n) is 2.15. The number of aromatic nitrogens is 1. The third-order valence-electron chi connectivity index (χ3n) is 3.16. The van der Waals surface area contributed by atoms with Gasteiger partial charge in [0.15, 0.2) is 0 Å². The molecule has 0 aliphatic rings. The lowest BCUT2D eigenvalue weighted by molar-refractivity contribution is 0.415. The van der Waals surface area contributed by atoms with Crippen LogP contribution >= 0.6 is 0 Å². The van der Waals surface area contributed by atoms with E-state index in [1.54, 1.807) is 7.11 Å². The Morgan fingerprint density at radius 3 is 3.00 bits per heavy atom. The van der Waals surface area contributed by atoms with Crippen LogP contribution in [-0.4, -0.2) is 24.7 Å². The van der Waals surface area contributed by atoms with Gasteiger partial charge in [0, 0.05) is 23.7 Å². The molecular weight excluding hydrogens is 244 g/mol. The topological polar surface area (TPSA) is 60.2 Å². The zero-order valence-corrected chi connectivity index (χ0v) is 11.5. The van der Waals surface area contributed by atoms with Crippen molar-refractivity contribution in [2.24, 2.45) is 5.73 Å². The molecule has 3 N–H and O–H groups in total. The Hall–Kier alpha value is -1.81. The zero-order chi connectivity index (χ0) is 13.7. The maximum Gasteiger partial charge on any atom is 0.121 e. The van der Waals surface area contributed by atoms with E-state index in [-0.39, 0.29) is 0 Å². The van der Waals surface area contributed by atoms with E-state index in [9.17, 15) is 0 Å². The number of nitrogens with one attached hydrogen (secondary N) is 1. The van der Waals surface area contributed by atoms with Crippen molar-refractivity contribution in [2.45, 2.75) is 25.8 Å². The minimum atomic E-state index is 0.362. The molecule has 0 radical (unpaired) electrons. The van der Waals surface area contributed by atoms with E-state index in [0.717, 1.165) is 41.7 Å². The van der Waals surface area contributed by atoms with Gasteiger partial charge in [0.1, 0.15) is 5.75 Å². The number of nitrogens with two attached hydrogens (primary N) is 1. The second-order valence-corrected chi connectivity index (χ2v) is 4.73. The summed E-state index contributed by atoms with van der Waals surface area (Å²) in [6, 6.07) is 8.33. The molecule has 4 heteroatoms. The Morgan fingerprint density at radius 2 is 2.26 bits per heavy atom. The van der Waals surface area contributed by atoms with Gasteiger partial charge in [-0.15, -0.1) is 0 Å². The van der Waals surface area contributed by atoms with Gasteiger partial charge in [-0.25, -0.2) is 0 Å². The van der Waals surface area contributed by atoms with Gasteiger partial charge in [0.05, 0.1) is 18.3 Å². The molecule has 0 aliphatic heterocycles. The van der Waals surface area contributed by atoms with Crippen LogP contribution in [0.5, 0.6) is 5.75 Å². The van der Waals surface area contributed by atoms with Crippen molar-refractivity contribution in [3.63, 3.8) is 0 Å². The van der Waals surface area contributed by atoms with Crippen molar-refractivity contribution >= 4 is 16.6 Å². The van der Waals surface area contributed by atoms with E-state index in [4.69, 9.17) is 10.5 Å². The summed E-state index contributed by atoms with van der Waals surface area (Å²) < 4.78 is 5.34. The monoisotopic (exact) mass is 265 g/mol. The van der Waals surface area contributed by atoms with Gasteiger partial charge in [-0.2, -0.15) is 0 Å². The molecule has 2 aromatic rings. The van der Waals surface area contributed by atoms with E-state index in [0.29, 0.717) is 6.04 Å². The maximum absolute atomic E-state index is 5.55. The molecule has 1 atom stereocenters. The number of anilines is 1. The maximum atomic E-state index is 5.55. The highest BCUT2D eigenvalue weighted by Gasteiger charge is 2.08. The highest BCUT2D eigenvalue weighted by molar-refractivity contribution is 5.91. The van der Waals surface area contributed by atoms with Crippen LogP contribution in [0.1, 0.15) is 19.8 Å². The molecule has 2 rings (SSSR count). The number of benzene rings is 1.